The molecule has 3 nitrogen and oxygen atoms in total. The summed E-state index contributed by atoms with van der Waals surface area (Å²) < 4.78 is 25.7. The number of nitriles is 1. The molecule has 1 heterocycles. The standard InChI is InChI=1S/C14H11F2N3/c15-13-2-1-10(6-14(13)16)8-18-9-11-3-4-19-12(5-11)7-17/h1-6,18H,8-9H2. The van der Waals surface area contributed by atoms with Crippen molar-refractivity contribution in [2.45, 2.75) is 13.1 Å². The summed E-state index contributed by atoms with van der Waals surface area (Å²) >= 11 is 0. The molecule has 0 radical (unpaired) electrons. The number of hydrogen-bond acceptors (Lipinski definition) is 3. The Balaban J connectivity index is 1.92. The molecule has 0 aliphatic heterocycles. The van der Waals surface area contributed by atoms with Crippen molar-refractivity contribution in [3.05, 3.63) is 65.0 Å². The van der Waals surface area contributed by atoms with Crippen LogP contribution in [0.15, 0.2) is 36.5 Å². The fourth-order valence-corrected chi connectivity index (χ4v) is 1.65. The van der Waals surface area contributed by atoms with E-state index in [1.807, 2.05) is 6.07 Å². The monoisotopic (exact) mass is 259 g/mol. The third kappa shape index (κ3) is 3.57. The van der Waals surface area contributed by atoms with Gasteiger partial charge in [0.05, 0.1) is 0 Å². The lowest BCUT2D eigenvalue weighted by Gasteiger charge is -2.05. The van der Waals surface area contributed by atoms with Gasteiger partial charge in [-0.3, -0.25) is 0 Å². The fourth-order valence-electron chi connectivity index (χ4n) is 1.65. The summed E-state index contributed by atoms with van der Waals surface area (Å²) in [5.74, 6) is -1.70. The largest absolute Gasteiger partial charge is 0.309 e. The number of pyridine rings is 1. The number of nitrogens with zero attached hydrogens (tertiary/aromatic N) is 2. The SMILES string of the molecule is N#Cc1cc(CNCc2ccc(F)c(F)c2)ccn1. The fraction of sp³-hybridized carbons (Fsp3) is 0.143. The molecule has 0 aliphatic rings. The molecule has 2 aromatic rings. The normalized spacial score (nSPS) is 10.2. The lowest BCUT2D eigenvalue weighted by molar-refractivity contribution is 0.506. The number of nitrogens with one attached hydrogen (secondary N) is 1. The van der Waals surface area contributed by atoms with Gasteiger partial charge in [-0.2, -0.15) is 5.26 Å². The topological polar surface area (TPSA) is 48.7 Å². The summed E-state index contributed by atoms with van der Waals surface area (Å²) in [5, 5.41) is 11.8. The average Bonchev–Trinajstić information content (AvgIpc) is 2.43. The van der Waals surface area contributed by atoms with E-state index >= 15 is 0 Å². The van der Waals surface area contributed by atoms with E-state index in [0.717, 1.165) is 17.7 Å². The van der Waals surface area contributed by atoms with E-state index < -0.39 is 11.6 Å². The first kappa shape index (κ1) is 13.1. The van der Waals surface area contributed by atoms with Gasteiger partial charge in [-0.15, -0.1) is 0 Å². The van der Waals surface area contributed by atoms with E-state index in [-0.39, 0.29) is 0 Å². The zero-order chi connectivity index (χ0) is 13.7. The first-order valence-corrected chi connectivity index (χ1v) is 5.68. The molecule has 1 aromatic carbocycles. The predicted molar refractivity (Wildman–Crippen MR) is 65.9 cm³/mol. The Labute approximate surface area is 109 Å². The van der Waals surface area contributed by atoms with E-state index in [1.165, 1.54) is 6.07 Å². The molecule has 0 unspecified atom stereocenters. The Bertz CT molecular complexity index is 620. The van der Waals surface area contributed by atoms with E-state index in [9.17, 15) is 8.78 Å². The molecule has 1 N–H and O–H groups in total. The summed E-state index contributed by atoms with van der Waals surface area (Å²) in [6.07, 6.45) is 1.56. The van der Waals surface area contributed by atoms with Crippen molar-refractivity contribution < 1.29 is 8.78 Å². The minimum atomic E-state index is -0.852. The van der Waals surface area contributed by atoms with Crippen LogP contribution in [0.2, 0.25) is 0 Å². The second-order valence-electron chi connectivity index (χ2n) is 4.01. The third-order valence-electron chi connectivity index (χ3n) is 2.58. The van der Waals surface area contributed by atoms with Crippen molar-refractivity contribution in [2.24, 2.45) is 0 Å². The van der Waals surface area contributed by atoms with E-state index in [0.29, 0.717) is 24.3 Å². The van der Waals surface area contributed by atoms with Crippen LogP contribution in [0.4, 0.5) is 8.78 Å². The van der Waals surface area contributed by atoms with Crippen LogP contribution in [0, 0.1) is 23.0 Å². The van der Waals surface area contributed by atoms with Crippen molar-refractivity contribution in [3.63, 3.8) is 0 Å². The summed E-state index contributed by atoms with van der Waals surface area (Å²) in [6.45, 7) is 0.942. The van der Waals surface area contributed by atoms with Gasteiger partial charge in [0, 0.05) is 19.3 Å². The quantitative estimate of drug-likeness (QED) is 0.917. The second-order valence-corrected chi connectivity index (χ2v) is 4.01. The molecule has 0 bridgehead atoms. The molecular formula is C14H11F2N3. The first-order chi connectivity index (χ1) is 9.19. The molecule has 0 atom stereocenters. The number of hydrogen-bond donors (Lipinski definition) is 1. The molecule has 0 spiro atoms. The average molecular weight is 259 g/mol. The Hall–Kier alpha value is -2.32. The second kappa shape index (κ2) is 6.03. The van der Waals surface area contributed by atoms with Crippen LogP contribution in [-0.4, -0.2) is 4.98 Å². The van der Waals surface area contributed by atoms with Gasteiger partial charge in [0.1, 0.15) is 11.8 Å². The van der Waals surface area contributed by atoms with Crippen LogP contribution in [0.3, 0.4) is 0 Å². The molecule has 96 valence electrons. The zero-order valence-electron chi connectivity index (χ0n) is 10.0. The summed E-state index contributed by atoms with van der Waals surface area (Å²) in [6, 6.07) is 9.22. The molecule has 0 aliphatic carbocycles. The Morgan fingerprint density at radius 3 is 2.47 bits per heavy atom. The highest BCUT2D eigenvalue weighted by Gasteiger charge is 2.02. The minimum absolute atomic E-state index is 0.354. The maximum atomic E-state index is 13.0. The van der Waals surface area contributed by atoms with Crippen molar-refractivity contribution in [1.82, 2.24) is 10.3 Å². The molecular weight excluding hydrogens is 248 g/mol. The number of rotatable bonds is 4. The van der Waals surface area contributed by atoms with Crippen LogP contribution in [-0.2, 0) is 13.1 Å². The molecule has 19 heavy (non-hydrogen) atoms. The highest BCUT2D eigenvalue weighted by Crippen LogP contribution is 2.08. The Morgan fingerprint density at radius 2 is 1.79 bits per heavy atom. The summed E-state index contributed by atoms with van der Waals surface area (Å²) in [7, 11) is 0. The van der Waals surface area contributed by atoms with Gasteiger partial charge in [0.2, 0.25) is 0 Å². The lowest BCUT2D eigenvalue weighted by Crippen LogP contribution is -2.13. The maximum Gasteiger partial charge on any atom is 0.159 e. The van der Waals surface area contributed by atoms with Gasteiger partial charge >= 0.3 is 0 Å². The van der Waals surface area contributed by atoms with Crippen LogP contribution < -0.4 is 5.32 Å². The van der Waals surface area contributed by atoms with E-state index in [1.54, 1.807) is 18.3 Å². The Morgan fingerprint density at radius 1 is 1.05 bits per heavy atom. The number of halogens is 2. The summed E-state index contributed by atoms with van der Waals surface area (Å²) in [5.41, 5.74) is 1.93. The molecule has 0 amide bonds. The molecule has 1 aromatic heterocycles. The number of benzene rings is 1. The van der Waals surface area contributed by atoms with Crippen LogP contribution in [0.25, 0.3) is 0 Å². The highest BCUT2D eigenvalue weighted by molar-refractivity contribution is 5.25. The maximum absolute atomic E-state index is 13.0. The van der Waals surface area contributed by atoms with Gasteiger partial charge in [0.15, 0.2) is 11.6 Å². The molecule has 0 fully saturated rings. The van der Waals surface area contributed by atoms with Gasteiger partial charge in [0.25, 0.3) is 0 Å². The van der Waals surface area contributed by atoms with E-state index in [2.05, 4.69) is 10.3 Å². The molecule has 2 rings (SSSR count). The van der Waals surface area contributed by atoms with Gasteiger partial charge in [-0.05, 0) is 35.4 Å². The molecule has 0 saturated carbocycles. The van der Waals surface area contributed by atoms with Gasteiger partial charge < -0.3 is 5.32 Å². The highest BCUT2D eigenvalue weighted by atomic mass is 19.2. The third-order valence-corrected chi connectivity index (χ3v) is 2.58. The molecule has 0 saturated heterocycles. The van der Waals surface area contributed by atoms with Crippen molar-refractivity contribution in [3.8, 4) is 6.07 Å². The lowest BCUT2D eigenvalue weighted by atomic mass is 10.2. The molecule has 5 heteroatoms. The van der Waals surface area contributed by atoms with Crippen molar-refractivity contribution >= 4 is 0 Å². The smallest absolute Gasteiger partial charge is 0.159 e. The van der Waals surface area contributed by atoms with Crippen molar-refractivity contribution in [1.29, 1.82) is 5.26 Å². The van der Waals surface area contributed by atoms with Crippen LogP contribution in [0.1, 0.15) is 16.8 Å². The predicted octanol–water partition coefficient (Wildman–Crippen LogP) is 2.52. The minimum Gasteiger partial charge on any atom is -0.309 e. The van der Waals surface area contributed by atoms with Crippen molar-refractivity contribution in [2.75, 3.05) is 0 Å². The first-order valence-electron chi connectivity index (χ1n) is 5.68. The zero-order valence-corrected chi connectivity index (χ0v) is 10.0. The van der Waals surface area contributed by atoms with E-state index in [4.69, 9.17) is 5.26 Å². The van der Waals surface area contributed by atoms with Gasteiger partial charge in [-0.25, -0.2) is 13.8 Å². The van der Waals surface area contributed by atoms with Gasteiger partial charge in [-0.1, -0.05) is 6.07 Å². The van der Waals surface area contributed by atoms with Crippen LogP contribution >= 0.6 is 0 Å². The number of aromatic nitrogens is 1. The summed E-state index contributed by atoms with van der Waals surface area (Å²) in [4.78, 5) is 3.87. The van der Waals surface area contributed by atoms with Crippen LogP contribution in [0.5, 0.6) is 0 Å². The Kier molecular flexibility index (Phi) is 4.16.